The zero-order valence-corrected chi connectivity index (χ0v) is 12.3. The van der Waals surface area contributed by atoms with Crippen LogP contribution in [0.25, 0.3) is 16.7 Å². The SMILES string of the molecule is Cc1cccc2nc(C(C)Cl)n(-c3c(F)cccc3F)c12. The molecule has 108 valence electrons. The van der Waals surface area contributed by atoms with E-state index in [9.17, 15) is 8.78 Å². The van der Waals surface area contributed by atoms with Crippen LogP contribution in [0, 0.1) is 18.6 Å². The van der Waals surface area contributed by atoms with E-state index in [0.717, 1.165) is 5.56 Å². The van der Waals surface area contributed by atoms with Crippen molar-refractivity contribution in [3.8, 4) is 5.69 Å². The molecule has 0 amide bonds. The molecule has 1 atom stereocenters. The van der Waals surface area contributed by atoms with E-state index in [1.807, 2.05) is 19.1 Å². The summed E-state index contributed by atoms with van der Waals surface area (Å²) < 4.78 is 29.8. The van der Waals surface area contributed by atoms with Crippen molar-refractivity contribution in [3.05, 3.63) is 59.4 Å². The Morgan fingerprint density at radius 2 is 1.71 bits per heavy atom. The summed E-state index contributed by atoms with van der Waals surface area (Å²) in [5.74, 6) is -0.864. The molecule has 0 aliphatic heterocycles. The number of imidazole rings is 1. The van der Waals surface area contributed by atoms with Crippen LogP contribution in [0.15, 0.2) is 36.4 Å². The predicted molar refractivity (Wildman–Crippen MR) is 80.0 cm³/mol. The molecule has 0 N–H and O–H groups in total. The molecule has 0 fully saturated rings. The highest BCUT2D eigenvalue weighted by Crippen LogP contribution is 2.32. The van der Waals surface area contributed by atoms with Crippen molar-refractivity contribution in [2.45, 2.75) is 19.2 Å². The highest BCUT2D eigenvalue weighted by molar-refractivity contribution is 6.20. The van der Waals surface area contributed by atoms with Gasteiger partial charge in [0.15, 0.2) is 0 Å². The Balaban J connectivity index is 2.48. The Morgan fingerprint density at radius 3 is 2.33 bits per heavy atom. The molecule has 0 saturated heterocycles. The Bertz CT molecular complexity index is 804. The third-order valence-corrected chi connectivity index (χ3v) is 3.62. The summed E-state index contributed by atoms with van der Waals surface area (Å²) in [4.78, 5) is 4.43. The first kappa shape index (κ1) is 14.0. The molecule has 0 radical (unpaired) electrons. The molecule has 1 heterocycles. The normalized spacial score (nSPS) is 12.8. The van der Waals surface area contributed by atoms with Crippen LogP contribution in [0.4, 0.5) is 8.78 Å². The van der Waals surface area contributed by atoms with Crippen LogP contribution in [0.2, 0.25) is 0 Å². The van der Waals surface area contributed by atoms with Crippen LogP contribution in [0.3, 0.4) is 0 Å². The second kappa shape index (κ2) is 5.11. The molecular formula is C16H13ClF2N2. The van der Waals surface area contributed by atoms with Gasteiger partial charge in [-0.05, 0) is 37.6 Å². The van der Waals surface area contributed by atoms with Crippen molar-refractivity contribution in [2.24, 2.45) is 0 Å². The molecule has 0 aliphatic rings. The monoisotopic (exact) mass is 306 g/mol. The van der Waals surface area contributed by atoms with Gasteiger partial charge >= 0.3 is 0 Å². The molecule has 0 saturated carbocycles. The zero-order valence-electron chi connectivity index (χ0n) is 11.6. The van der Waals surface area contributed by atoms with Gasteiger partial charge in [-0.25, -0.2) is 13.8 Å². The molecular weight excluding hydrogens is 294 g/mol. The Labute approximate surface area is 126 Å². The molecule has 0 bridgehead atoms. The van der Waals surface area contributed by atoms with E-state index in [1.54, 1.807) is 13.0 Å². The minimum absolute atomic E-state index is 0.142. The first-order valence-corrected chi connectivity index (χ1v) is 7.00. The molecule has 3 aromatic rings. The molecule has 5 heteroatoms. The second-order valence-corrected chi connectivity index (χ2v) is 5.59. The minimum atomic E-state index is -0.642. The number of hydrogen-bond donors (Lipinski definition) is 0. The Hall–Kier alpha value is -1.94. The molecule has 0 spiro atoms. The lowest BCUT2D eigenvalue weighted by atomic mass is 10.2. The lowest BCUT2D eigenvalue weighted by Gasteiger charge is -2.13. The van der Waals surface area contributed by atoms with Gasteiger partial charge in [-0.1, -0.05) is 18.2 Å². The van der Waals surface area contributed by atoms with Crippen LogP contribution >= 0.6 is 11.6 Å². The fourth-order valence-corrected chi connectivity index (χ4v) is 2.65. The average Bonchev–Trinajstić information content (AvgIpc) is 2.80. The number of alkyl halides is 1. The largest absolute Gasteiger partial charge is 0.289 e. The maximum absolute atomic E-state index is 14.2. The van der Waals surface area contributed by atoms with E-state index in [4.69, 9.17) is 11.6 Å². The molecule has 2 nitrogen and oxygen atoms in total. The van der Waals surface area contributed by atoms with E-state index in [2.05, 4.69) is 4.98 Å². The molecule has 3 rings (SSSR count). The molecule has 1 aromatic heterocycles. The number of rotatable bonds is 2. The number of halogens is 3. The lowest BCUT2D eigenvalue weighted by Crippen LogP contribution is -2.07. The standard InChI is InChI=1S/C16H13ClF2N2/c1-9-5-3-8-13-14(9)21(16(20-13)10(2)17)15-11(18)6-4-7-12(15)19/h3-8,10H,1-2H3. The first-order chi connectivity index (χ1) is 10.0. The second-order valence-electron chi connectivity index (χ2n) is 4.93. The number of benzene rings is 2. The quantitative estimate of drug-likeness (QED) is 0.615. The van der Waals surface area contributed by atoms with Crippen LogP contribution < -0.4 is 0 Å². The first-order valence-electron chi connectivity index (χ1n) is 6.57. The van der Waals surface area contributed by atoms with E-state index in [-0.39, 0.29) is 5.69 Å². The van der Waals surface area contributed by atoms with Crippen molar-refractivity contribution in [1.82, 2.24) is 9.55 Å². The fourth-order valence-electron chi connectivity index (χ4n) is 2.51. The van der Waals surface area contributed by atoms with E-state index < -0.39 is 17.0 Å². The molecule has 21 heavy (non-hydrogen) atoms. The summed E-state index contributed by atoms with van der Waals surface area (Å²) in [6, 6.07) is 9.33. The van der Waals surface area contributed by atoms with Gasteiger partial charge in [-0.2, -0.15) is 0 Å². The highest BCUT2D eigenvalue weighted by atomic mass is 35.5. The van der Waals surface area contributed by atoms with Crippen LogP contribution in [-0.4, -0.2) is 9.55 Å². The summed E-state index contributed by atoms with van der Waals surface area (Å²) in [7, 11) is 0. The van der Waals surface area contributed by atoms with Gasteiger partial charge < -0.3 is 0 Å². The smallest absolute Gasteiger partial charge is 0.150 e. The van der Waals surface area contributed by atoms with Crippen molar-refractivity contribution >= 4 is 22.6 Å². The summed E-state index contributed by atoms with van der Waals surface area (Å²) in [5.41, 5.74) is 2.08. The summed E-state index contributed by atoms with van der Waals surface area (Å²) >= 11 is 6.16. The third kappa shape index (κ3) is 2.20. The number of nitrogens with zero attached hydrogens (tertiary/aromatic N) is 2. The summed E-state index contributed by atoms with van der Waals surface area (Å²) in [6.45, 7) is 3.61. The topological polar surface area (TPSA) is 17.8 Å². The number of fused-ring (bicyclic) bond motifs is 1. The van der Waals surface area contributed by atoms with Crippen molar-refractivity contribution in [2.75, 3.05) is 0 Å². The summed E-state index contributed by atoms with van der Waals surface area (Å²) in [5, 5.41) is -0.476. The van der Waals surface area contributed by atoms with Crippen LogP contribution in [-0.2, 0) is 0 Å². The van der Waals surface area contributed by atoms with Gasteiger partial charge in [0, 0.05) is 0 Å². The summed E-state index contributed by atoms with van der Waals surface area (Å²) in [6.07, 6.45) is 0. The van der Waals surface area contributed by atoms with E-state index >= 15 is 0 Å². The van der Waals surface area contributed by atoms with Gasteiger partial charge in [0.05, 0.1) is 16.4 Å². The van der Waals surface area contributed by atoms with Gasteiger partial charge in [-0.15, -0.1) is 11.6 Å². The number of para-hydroxylation sites is 2. The van der Waals surface area contributed by atoms with E-state index in [0.29, 0.717) is 16.9 Å². The third-order valence-electron chi connectivity index (χ3n) is 3.42. The Morgan fingerprint density at radius 1 is 1.10 bits per heavy atom. The van der Waals surface area contributed by atoms with Gasteiger partial charge in [-0.3, -0.25) is 4.57 Å². The Kier molecular flexibility index (Phi) is 3.41. The molecule has 2 aromatic carbocycles. The molecule has 1 unspecified atom stereocenters. The van der Waals surface area contributed by atoms with Crippen LogP contribution in [0.1, 0.15) is 23.7 Å². The number of aryl methyl sites for hydroxylation is 1. The fraction of sp³-hybridized carbons (Fsp3) is 0.188. The van der Waals surface area contributed by atoms with Crippen molar-refractivity contribution < 1.29 is 8.78 Å². The zero-order chi connectivity index (χ0) is 15.1. The minimum Gasteiger partial charge on any atom is -0.289 e. The van der Waals surface area contributed by atoms with Gasteiger partial charge in [0.25, 0.3) is 0 Å². The maximum atomic E-state index is 14.2. The van der Waals surface area contributed by atoms with Crippen LogP contribution in [0.5, 0.6) is 0 Å². The average molecular weight is 307 g/mol. The van der Waals surface area contributed by atoms with E-state index in [1.165, 1.54) is 22.8 Å². The lowest BCUT2D eigenvalue weighted by molar-refractivity contribution is 0.567. The maximum Gasteiger partial charge on any atom is 0.150 e. The van der Waals surface area contributed by atoms with Crippen molar-refractivity contribution in [3.63, 3.8) is 0 Å². The molecule has 0 aliphatic carbocycles. The highest BCUT2D eigenvalue weighted by Gasteiger charge is 2.22. The number of hydrogen-bond acceptors (Lipinski definition) is 1. The number of aromatic nitrogens is 2. The predicted octanol–water partition coefficient (Wildman–Crippen LogP) is 4.91. The van der Waals surface area contributed by atoms with Crippen molar-refractivity contribution in [1.29, 1.82) is 0 Å². The van der Waals surface area contributed by atoms with Gasteiger partial charge in [0.2, 0.25) is 0 Å². The van der Waals surface area contributed by atoms with Gasteiger partial charge in [0.1, 0.15) is 23.1 Å².